The fourth-order valence-electron chi connectivity index (χ4n) is 3.86. The first kappa shape index (κ1) is 25.0. The normalized spacial score (nSPS) is 17.6. The van der Waals surface area contributed by atoms with Gasteiger partial charge in [-0.2, -0.15) is 18.2 Å². The number of aromatic nitrogens is 2. The quantitative estimate of drug-likeness (QED) is 0.587. The van der Waals surface area contributed by atoms with Crippen molar-refractivity contribution in [2.24, 2.45) is 12.0 Å². The van der Waals surface area contributed by atoms with Crippen molar-refractivity contribution in [3.8, 4) is 5.75 Å². The van der Waals surface area contributed by atoms with Gasteiger partial charge >= 0.3 is 6.18 Å². The first-order valence-electron chi connectivity index (χ1n) is 10.8. The van der Waals surface area contributed by atoms with E-state index < -0.39 is 30.9 Å². The van der Waals surface area contributed by atoms with E-state index in [0.29, 0.717) is 18.6 Å². The predicted octanol–water partition coefficient (Wildman–Crippen LogP) is 4.41. The van der Waals surface area contributed by atoms with Crippen molar-refractivity contribution in [2.75, 3.05) is 19.9 Å². The van der Waals surface area contributed by atoms with E-state index in [1.807, 2.05) is 37.2 Å². The van der Waals surface area contributed by atoms with Gasteiger partial charge in [-0.1, -0.05) is 20.8 Å². The maximum Gasteiger partial charge on any atom is 0.416 e. The number of ether oxygens (including phenoxy) is 2. The summed E-state index contributed by atoms with van der Waals surface area (Å²) in [7, 11) is 1.85. The Morgan fingerprint density at radius 2 is 1.94 bits per heavy atom. The summed E-state index contributed by atoms with van der Waals surface area (Å²) in [6.45, 7) is 5.90. The predicted molar refractivity (Wildman–Crippen MR) is 114 cm³/mol. The largest absolute Gasteiger partial charge is 0.491 e. The van der Waals surface area contributed by atoms with Crippen LogP contribution in [0.25, 0.3) is 0 Å². The lowest BCUT2D eigenvalue weighted by Crippen LogP contribution is -2.30. The Morgan fingerprint density at radius 3 is 2.52 bits per heavy atom. The van der Waals surface area contributed by atoms with Crippen LogP contribution in [-0.4, -0.2) is 41.3 Å². The fraction of sp³-hybridized carbons (Fsp3) is 0.565. The van der Waals surface area contributed by atoms with Gasteiger partial charge in [0.15, 0.2) is 5.49 Å². The third kappa shape index (κ3) is 6.04. The third-order valence-corrected chi connectivity index (χ3v) is 5.45. The number of carbonyl (C=O) groups excluding carboxylic acids is 1. The Labute approximate surface area is 189 Å². The van der Waals surface area contributed by atoms with E-state index >= 15 is 0 Å². The fourth-order valence-corrected chi connectivity index (χ4v) is 3.86. The number of rotatable bonds is 6. The van der Waals surface area contributed by atoms with Crippen molar-refractivity contribution in [3.05, 3.63) is 46.6 Å². The molecule has 1 fully saturated rings. The number of alkyl halides is 4. The highest BCUT2D eigenvalue weighted by Gasteiger charge is 2.32. The molecule has 3 rings (SSSR count). The molecule has 1 aliphatic rings. The highest BCUT2D eigenvalue weighted by molar-refractivity contribution is 5.95. The average Bonchev–Trinajstić information content (AvgIpc) is 3.34. The monoisotopic (exact) mass is 471 g/mol. The summed E-state index contributed by atoms with van der Waals surface area (Å²) in [5.41, 5.74) is -0.376. The zero-order valence-electron chi connectivity index (χ0n) is 19.2. The van der Waals surface area contributed by atoms with E-state index in [1.165, 1.54) is 0 Å². The van der Waals surface area contributed by atoms with E-state index in [4.69, 9.17) is 9.47 Å². The minimum absolute atomic E-state index is 0.0327. The van der Waals surface area contributed by atoms with Gasteiger partial charge in [-0.05, 0) is 31.0 Å². The molecule has 1 aromatic heterocycles. The average molecular weight is 471 g/mol. The zero-order chi connectivity index (χ0) is 24.4. The number of benzene rings is 1. The summed E-state index contributed by atoms with van der Waals surface area (Å²) >= 11 is 0. The molecule has 0 radical (unpaired) electrons. The second-order valence-corrected chi connectivity index (χ2v) is 9.08. The second kappa shape index (κ2) is 9.70. The Morgan fingerprint density at radius 1 is 1.21 bits per heavy atom. The van der Waals surface area contributed by atoms with Gasteiger partial charge in [-0.3, -0.25) is 14.2 Å². The highest BCUT2D eigenvalue weighted by Crippen LogP contribution is 2.33. The first-order chi connectivity index (χ1) is 15.4. The molecule has 0 unspecified atom stereocenters. The summed E-state index contributed by atoms with van der Waals surface area (Å²) in [6.07, 6.45) is -2.91. The Kier molecular flexibility index (Phi) is 7.36. The molecule has 0 bridgehead atoms. The number of halogens is 4. The van der Waals surface area contributed by atoms with Crippen molar-refractivity contribution in [1.82, 2.24) is 9.36 Å². The summed E-state index contributed by atoms with van der Waals surface area (Å²) < 4.78 is 66.9. The van der Waals surface area contributed by atoms with Crippen LogP contribution in [0.3, 0.4) is 0 Å². The SMILES string of the molecule is Cn1c(C(C)(C)C)c/c(=N\C(=O)c2cc(OCCF)cc(C(F)(F)F)c2)n1C[C@H]1CCCO1. The molecule has 0 spiro atoms. The molecule has 0 saturated carbocycles. The Hall–Kier alpha value is -2.62. The van der Waals surface area contributed by atoms with Crippen molar-refractivity contribution in [3.63, 3.8) is 0 Å². The Balaban J connectivity index is 2.07. The van der Waals surface area contributed by atoms with E-state index in [-0.39, 0.29) is 22.8 Å². The van der Waals surface area contributed by atoms with Crippen LogP contribution in [0, 0.1) is 0 Å². The zero-order valence-corrected chi connectivity index (χ0v) is 19.2. The molecule has 1 aromatic carbocycles. The Bertz CT molecular complexity index is 1060. The number of hydrogen-bond donors (Lipinski definition) is 0. The lowest BCUT2D eigenvalue weighted by atomic mass is 9.92. The first-order valence-corrected chi connectivity index (χ1v) is 10.8. The van der Waals surface area contributed by atoms with Gasteiger partial charge in [0.2, 0.25) is 0 Å². The topological polar surface area (TPSA) is 57.8 Å². The van der Waals surface area contributed by atoms with Gasteiger partial charge in [0.25, 0.3) is 5.91 Å². The summed E-state index contributed by atoms with van der Waals surface area (Å²) in [5, 5.41) is 0. The van der Waals surface area contributed by atoms with Crippen LogP contribution in [0.4, 0.5) is 17.6 Å². The van der Waals surface area contributed by atoms with Crippen LogP contribution in [0.15, 0.2) is 29.3 Å². The van der Waals surface area contributed by atoms with Crippen LogP contribution >= 0.6 is 0 Å². The second-order valence-electron chi connectivity index (χ2n) is 9.08. The molecule has 33 heavy (non-hydrogen) atoms. The van der Waals surface area contributed by atoms with Gasteiger partial charge in [0, 0.05) is 36.4 Å². The van der Waals surface area contributed by atoms with Crippen molar-refractivity contribution < 1.29 is 31.8 Å². The van der Waals surface area contributed by atoms with Gasteiger partial charge < -0.3 is 9.47 Å². The minimum atomic E-state index is -4.70. The maximum absolute atomic E-state index is 13.3. The molecular formula is C23H29F4N3O3. The van der Waals surface area contributed by atoms with Crippen molar-refractivity contribution in [1.29, 1.82) is 0 Å². The summed E-state index contributed by atoms with van der Waals surface area (Å²) in [6, 6.07) is 4.38. The highest BCUT2D eigenvalue weighted by atomic mass is 19.4. The molecule has 2 aromatic rings. The standard InChI is InChI=1S/C23H29F4N3O3/c1-22(2,3)19-13-20(30(29(19)4)14-17-6-5-8-32-17)28-21(31)15-10-16(23(25,26)27)12-18(11-15)33-9-7-24/h10-13,17H,5-9,14H2,1-4H3/b28-20+/t17-/m1/s1. The summed E-state index contributed by atoms with van der Waals surface area (Å²) in [5.74, 6) is -1.09. The number of carbonyl (C=O) groups is 1. The van der Waals surface area contributed by atoms with Crippen LogP contribution in [0.5, 0.6) is 5.75 Å². The van der Waals surface area contributed by atoms with Crippen LogP contribution in [0.2, 0.25) is 0 Å². The maximum atomic E-state index is 13.3. The van der Waals surface area contributed by atoms with Gasteiger partial charge in [0.05, 0.1) is 18.2 Å². The van der Waals surface area contributed by atoms with Gasteiger partial charge in [0.1, 0.15) is 19.0 Å². The third-order valence-electron chi connectivity index (χ3n) is 5.45. The lowest BCUT2D eigenvalue weighted by molar-refractivity contribution is -0.137. The molecule has 0 N–H and O–H groups in total. The summed E-state index contributed by atoms with van der Waals surface area (Å²) in [4.78, 5) is 17.1. The molecule has 6 nitrogen and oxygen atoms in total. The molecule has 1 saturated heterocycles. The number of amides is 1. The van der Waals surface area contributed by atoms with Gasteiger partial charge in [-0.15, -0.1) is 0 Å². The van der Waals surface area contributed by atoms with E-state index in [0.717, 1.165) is 36.7 Å². The number of hydrogen-bond acceptors (Lipinski definition) is 3. The molecule has 2 heterocycles. The molecule has 1 amide bonds. The van der Waals surface area contributed by atoms with Crippen molar-refractivity contribution >= 4 is 5.91 Å². The lowest BCUT2D eigenvalue weighted by Gasteiger charge is -2.21. The van der Waals surface area contributed by atoms with E-state index in [1.54, 1.807) is 6.07 Å². The van der Waals surface area contributed by atoms with Crippen LogP contribution in [-0.2, 0) is 29.9 Å². The number of nitrogens with zero attached hydrogens (tertiary/aromatic N) is 3. The van der Waals surface area contributed by atoms with E-state index in [2.05, 4.69) is 4.99 Å². The molecule has 1 atom stereocenters. The smallest absolute Gasteiger partial charge is 0.416 e. The van der Waals surface area contributed by atoms with E-state index in [9.17, 15) is 22.4 Å². The molecule has 1 aliphatic heterocycles. The van der Waals surface area contributed by atoms with Crippen LogP contribution in [0.1, 0.15) is 55.2 Å². The van der Waals surface area contributed by atoms with Crippen molar-refractivity contribution in [2.45, 2.75) is 57.9 Å². The molecule has 10 heteroatoms. The molecular weight excluding hydrogens is 442 g/mol. The minimum Gasteiger partial charge on any atom is -0.491 e. The molecule has 0 aliphatic carbocycles. The van der Waals surface area contributed by atoms with Gasteiger partial charge in [-0.25, -0.2) is 4.39 Å². The van der Waals surface area contributed by atoms with Crippen LogP contribution < -0.4 is 10.2 Å². The molecule has 182 valence electrons.